The number of carbonyl (C=O) groups excluding carboxylic acids is 1. The molecule has 2 N–H and O–H groups in total. The van der Waals surface area contributed by atoms with E-state index in [1.165, 1.54) is 0 Å². The van der Waals surface area contributed by atoms with E-state index in [1.54, 1.807) is 19.2 Å². The Morgan fingerprint density at radius 3 is 2.33 bits per heavy atom. The number of carboxylic acids is 1. The van der Waals surface area contributed by atoms with Gasteiger partial charge in [0.1, 0.15) is 5.69 Å². The highest BCUT2D eigenvalue weighted by molar-refractivity contribution is 5.93. The summed E-state index contributed by atoms with van der Waals surface area (Å²) in [5.41, 5.74) is 0.643. The first-order valence-corrected chi connectivity index (χ1v) is 8.48. The van der Waals surface area contributed by atoms with Crippen molar-refractivity contribution in [1.82, 2.24) is 15.3 Å². The zero-order chi connectivity index (χ0) is 20.0. The van der Waals surface area contributed by atoms with E-state index < -0.39 is 11.9 Å². The first-order valence-electron chi connectivity index (χ1n) is 8.48. The summed E-state index contributed by atoms with van der Waals surface area (Å²) in [6.07, 6.45) is 2.18. The minimum atomic E-state index is -1.20. The van der Waals surface area contributed by atoms with Gasteiger partial charge in [0.2, 0.25) is 0 Å². The molecule has 0 bridgehead atoms. The third-order valence-electron chi connectivity index (χ3n) is 3.71. The van der Waals surface area contributed by atoms with E-state index in [0.29, 0.717) is 24.0 Å². The fraction of sp³-hybridized carbons (Fsp3) is 0.368. The Balaban J connectivity index is 2.09. The van der Waals surface area contributed by atoms with Crippen LogP contribution in [0, 0.1) is 5.92 Å². The van der Waals surface area contributed by atoms with Crippen molar-refractivity contribution in [2.45, 2.75) is 26.8 Å². The number of benzene rings is 1. The molecule has 0 aliphatic heterocycles. The Morgan fingerprint density at radius 1 is 1.11 bits per heavy atom. The fourth-order valence-electron chi connectivity index (χ4n) is 2.24. The van der Waals surface area contributed by atoms with Crippen LogP contribution in [0.3, 0.4) is 0 Å². The topological polar surface area (TPSA) is 111 Å². The number of amides is 1. The van der Waals surface area contributed by atoms with E-state index in [9.17, 15) is 9.59 Å². The van der Waals surface area contributed by atoms with E-state index >= 15 is 0 Å². The van der Waals surface area contributed by atoms with Crippen molar-refractivity contribution in [2.24, 2.45) is 5.92 Å². The molecule has 0 saturated carbocycles. The highest BCUT2D eigenvalue weighted by Crippen LogP contribution is 2.30. The zero-order valence-corrected chi connectivity index (χ0v) is 15.7. The summed E-state index contributed by atoms with van der Waals surface area (Å²) in [6.45, 7) is 6.52. The average Bonchev–Trinajstić information content (AvgIpc) is 2.66. The Bertz CT molecular complexity index is 805. The molecule has 1 amide bonds. The van der Waals surface area contributed by atoms with Crippen LogP contribution >= 0.6 is 0 Å². The van der Waals surface area contributed by atoms with E-state index in [2.05, 4.69) is 29.1 Å². The van der Waals surface area contributed by atoms with Crippen molar-refractivity contribution in [1.29, 1.82) is 0 Å². The van der Waals surface area contributed by atoms with E-state index in [4.69, 9.17) is 14.6 Å². The number of ether oxygens (including phenoxy) is 2. The Labute approximate surface area is 157 Å². The molecule has 1 heterocycles. The van der Waals surface area contributed by atoms with Gasteiger partial charge in [0, 0.05) is 0 Å². The quantitative estimate of drug-likeness (QED) is 0.732. The molecule has 0 spiro atoms. The number of rotatable bonds is 8. The highest BCUT2D eigenvalue weighted by Gasteiger charge is 2.16. The third-order valence-corrected chi connectivity index (χ3v) is 3.71. The van der Waals surface area contributed by atoms with Crippen LogP contribution in [0.1, 0.15) is 53.4 Å². The third kappa shape index (κ3) is 5.40. The first-order chi connectivity index (χ1) is 12.8. The number of carboxylic acid groups (broad SMARTS) is 1. The predicted octanol–water partition coefficient (Wildman–Crippen LogP) is 2.71. The molecule has 0 saturated heterocycles. The molecule has 27 heavy (non-hydrogen) atoms. The molecule has 8 nitrogen and oxygen atoms in total. The monoisotopic (exact) mass is 373 g/mol. The average molecular weight is 373 g/mol. The second-order valence-corrected chi connectivity index (χ2v) is 6.40. The normalized spacial score (nSPS) is 11.7. The fourth-order valence-corrected chi connectivity index (χ4v) is 2.24. The molecule has 1 aromatic carbocycles. The summed E-state index contributed by atoms with van der Waals surface area (Å²) in [6, 6.07) is 5.13. The van der Waals surface area contributed by atoms with Crippen LogP contribution in [0.4, 0.5) is 0 Å². The number of hydrogen-bond donors (Lipinski definition) is 2. The summed E-state index contributed by atoms with van der Waals surface area (Å²) in [5.74, 6) is -0.0367. The summed E-state index contributed by atoms with van der Waals surface area (Å²) in [7, 11) is 1.56. The largest absolute Gasteiger partial charge is 0.493 e. The molecule has 1 unspecified atom stereocenters. The van der Waals surface area contributed by atoms with Gasteiger partial charge in [-0.25, -0.2) is 14.8 Å². The number of aromatic nitrogens is 2. The summed E-state index contributed by atoms with van der Waals surface area (Å²) in [5, 5.41) is 11.6. The van der Waals surface area contributed by atoms with Gasteiger partial charge in [-0.15, -0.1) is 0 Å². The lowest BCUT2D eigenvalue weighted by Gasteiger charge is -2.17. The van der Waals surface area contributed by atoms with Gasteiger partial charge in [-0.1, -0.05) is 19.9 Å². The van der Waals surface area contributed by atoms with Gasteiger partial charge in [-0.3, -0.25) is 4.79 Å². The van der Waals surface area contributed by atoms with Gasteiger partial charge < -0.3 is 19.9 Å². The molecule has 0 fully saturated rings. The van der Waals surface area contributed by atoms with Gasteiger partial charge in [0.25, 0.3) is 5.91 Å². The van der Waals surface area contributed by atoms with Gasteiger partial charge in [0.05, 0.1) is 32.2 Å². The van der Waals surface area contributed by atoms with Crippen molar-refractivity contribution < 1.29 is 24.2 Å². The number of nitrogens with zero attached hydrogens (tertiary/aromatic N) is 2. The predicted molar refractivity (Wildman–Crippen MR) is 98.2 cm³/mol. The number of hydrogen-bond acceptors (Lipinski definition) is 6. The van der Waals surface area contributed by atoms with E-state index in [-0.39, 0.29) is 17.4 Å². The Morgan fingerprint density at radius 2 is 1.78 bits per heavy atom. The van der Waals surface area contributed by atoms with Crippen LogP contribution in [-0.4, -0.2) is 40.7 Å². The number of aromatic carboxylic acids is 1. The highest BCUT2D eigenvalue weighted by atomic mass is 16.5. The molecular weight excluding hydrogens is 350 g/mol. The van der Waals surface area contributed by atoms with Gasteiger partial charge in [0.15, 0.2) is 17.2 Å². The van der Waals surface area contributed by atoms with Crippen LogP contribution in [0.25, 0.3) is 0 Å². The molecule has 1 atom stereocenters. The van der Waals surface area contributed by atoms with Crippen molar-refractivity contribution in [3.05, 3.63) is 47.5 Å². The summed E-state index contributed by atoms with van der Waals surface area (Å²) in [4.78, 5) is 30.6. The van der Waals surface area contributed by atoms with Crippen LogP contribution in [0.5, 0.6) is 11.5 Å². The SMILES string of the molecule is COc1cc(C(C)NC(=O)c2cnc(C(=O)O)cn2)ccc1OCC(C)C. The minimum absolute atomic E-state index is 0.0377. The van der Waals surface area contributed by atoms with Crippen molar-refractivity contribution in [2.75, 3.05) is 13.7 Å². The van der Waals surface area contributed by atoms with Crippen molar-refractivity contribution >= 4 is 11.9 Å². The molecule has 0 radical (unpaired) electrons. The summed E-state index contributed by atoms with van der Waals surface area (Å²) >= 11 is 0. The lowest BCUT2D eigenvalue weighted by Crippen LogP contribution is -2.27. The van der Waals surface area contributed by atoms with Crippen LogP contribution in [0.2, 0.25) is 0 Å². The van der Waals surface area contributed by atoms with Crippen LogP contribution < -0.4 is 14.8 Å². The molecule has 2 aromatic rings. The standard InChI is InChI=1S/C19H23N3O5/c1-11(2)10-27-16-6-5-13(7-17(16)26-4)12(3)22-18(23)14-8-21-15(9-20-14)19(24)25/h5-9,11-12H,10H2,1-4H3,(H,22,23)(H,24,25). The maximum atomic E-state index is 12.3. The van der Waals surface area contributed by atoms with Gasteiger partial charge >= 0.3 is 5.97 Å². The lowest BCUT2D eigenvalue weighted by atomic mass is 10.1. The maximum Gasteiger partial charge on any atom is 0.356 e. The van der Waals surface area contributed by atoms with Crippen molar-refractivity contribution in [3.63, 3.8) is 0 Å². The van der Waals surface area contributed by atoms with Gasteiger partial charge in [-0.2, -0.15) is 0 Å². The first kappa shape index (κ1) is 20.2. The maximum absolute atomic E-state index is 12.3. The molecular formula is C19H23N3O5. The lowest BCUT2D eigenvalue weighted by molar-refractivity contribution is 0.0689. The number of nitrogens with one attached hydrogen (secondary N) is 1. The second kappa shape index (κ2) is 8.98. The molecule has 2 rings (SSSR count). The van der Waals surface area contributed by atoms with Gasteiger partial charge in [-0.05, 0) is 30.5 Å². The number of methoxy groups -OCH3 is 1. The summed E-state index contributed by atoms with van der Waals surface area (Å²) < 4.78 is 11.1. The van der Waals surface area contributed by atoms with E-state index in [1.807, 2.05) is 13.0 Å². The van der Waals surface area contributed by atoms with Crippen molar-refractivity contribution in [3.8, 4) is 11.5 Å². The molecule has 144 valence electrons. The zero-order valence-electron chi connectivity index (χ0n) is 15.7. The van der Waals surface area contributed by atoms with E-state index in [0.717, 1.165) is 18.0 Å². The number of carbonyl (C=O) groups is 2. The molecule has 1 aromatic heterocycles. The van der Waals surface area contributed by atoms with Crippen LogP contribution in [-0.2, 0) is 0 Å². The Hall–Kier alpha value is -3.16. The molecule has 8 heteroatoms. The van der Waals surface area contributed by atoms with Crippen LogP contribution in [0.15, 0.2) is 30.6 Å². The smallest absolute Gasteiger partial charge is 0.356 e. The Kier molecular flexibility index (Phi) is 6.70. The second-order valence-electron chi connectivity index (χ2n) is 6.40. The molecule has 0 aliphatic rings. The minimum Gasteiger partial charge on any atom is -0.493 e. The molecule has 0 aliphatic carbocycles.